The first-order chi connectivity index (χ1) is 12.6. The van der Waals surface area contributed by atoms with Gasteiger partial charge in [-0.2, -0.15) is 0 Å². The van der Waals surface area contributed by atoms with Crippen LogP contribution in [0.1, 0.15) is 20.8 Å². The maximum atomic E-state index is 12.7. The van der Waals surface area contributed by atoms with Crippen molar-refractivity contribution < 1.29 is 14.3 Å². The van der Waals surface area contributed by atoms with Crippen molar-refractivity contribution in [2.24, 2.45) is 0 Å². The quantitative estimate of drug-likeness (QED) is 0.847. The Kier molecular flexibility index (Phi) is 6.25. The monoisotopic (exact) mass is 373 g/mol. The van der Waals surface area contributed by atoms with Crippen LogP contribution in [0, 0.1) is 6.92 Å². The number of nitrogens with zero attached hydrogens (tertiary/aromatic N) is 1. The molecule has 3 rings (SSSR count). The van der Waals surface area contributed by atoms with Gasteiger partial charge in [-0.25, -0.2) is 4.79 Å². The average Bonchev–Trinajstić information content (AvgIpc) is 3.17. The number of rotatable bonds is 5. The molecule has 138 valence electrons. The van der Waals surface area contributed by atoms with Crippen LogP contribution in [0.4, 0.5) is 10.5 Å². The van der Waals surface area contributed by atoms with Crippen LogP contribution in [-0.2, 0) is 11.2 Å². The van der Waals surface area contributed by atoms with Gasteiger partial charge in [0, 0.05) is 35.8 Å². The molecular weight excluding hydrogens is 350 g/mol. The first kappa shape index (κ1) is 18.4. The molecule has 1 aromatic carbocycles. The molecule has 7 heteroatoms. The van der Waals surface area contributed by atoms with Crippen molar-refractivity contribution in [1.29, 1.82) is 0 Å². The molecule has 1 aromatic heterocycles. The summed E-state index contributed by atoms with van der Waals surface area (Å²) < 4.78 is 5.30. The van der Waals surface area contributed by atoms with E-state index < -0.39 is 0 Å². The number of benzene rings is 1. The van der Waals surface area contributed by atoms with Crippen LogP contribution in [0.2, 0.25) is 0 Å². The van der Waals surface area contributed by atoms with Crippen LogP contribution in [0.25, 0.3) is 0 Å². The fourth-order valence-electron chi connectivity index (χ4n) is 2.86. The number of hydrogen-bond acceptors (Lipinski definition) is 4. The predicted octanol–water partition coefficient (Wildman–Crippen LogP) is 2.89. The Balaban J connectivity index is 1.59. The second kappa shape index (κ2) is 8.82. The van der Waals surface area contributed by atoms with Gasteiger partial charge in [-0.05, 0) is 42.5 Å². The smallest absolute Gasteiger partial charge is 0.319 e. The number of anilines is 1. The molecule has 6 nitrogen and oxygen atoms in total. The van der Waals surface area contributed by atoms with Crippen molar-refractivity contribution >= 4 is 29.0 Å². The first-order valence-corrected chi connectivity index (χ1v) is 9.57. The van der Waals surface area contributed by atoms with Crippen molar-refractivity contribution in [2.75, 3.05) is 38.2 Å². The van der Waals surface area contributed by atoms with Crippen LogP contribution in [0.5, 0.6) is 0 Å². The molecule has 2 aromatic rings. The molecule has 0 unspecified atom stereocenters. The van der Waals surface area contributed by atoms with Crippen molar-refractivity contribution in [1.82, 2.24) is 10.2 Å². The van der Waals surface area contributed by atoms with Crippen molar-refractivity contribution in [2.45, 2.75) is 13.3 Å². The number of thiophene rings is 1. The lowest BCUT2D eigenvalue weighted by Crippen LogP contribution is -2.41. The first-order valence-electron chi connectivity index (χ1n) is 8.69. The summed E-state index contributed by atoms with van der Waals surface area (Å²) in [5.74, 6) is -0.0208. The highest BCUT2D eigenvalue weighted by Crippen LogP contribution is 2.21. The Morgan fingerprint density at radius 1 is 1.19 bits per heavy atom. The van der Waals surface area contributed by atoms with E-state index in [9.17, 15) is 9.59 Å². The zero-order valence-electron chi connectivity index (χ0n) is 14.8. The van der Waals surface area contributed by atoms with Crippen molar-refractivity contribution in [3.05, 3.63) is 51.7 Å². The third kappa shape index (κ3) is 4.62. The van der Waals surface area contributed by atoms with Gasteiger partial charge < -0.3 is 20.3 Å². The topological polar surface area (TPSA) is 70.7 Å². The summed E-state index contributed by atoms with van der Waals surface area (Å²) in [6.07, 6.45) is 0.805. The van der Waals surface area contributed by atoms with Crippen LogP contribution >= 0.6 is 11.3 Å². The van der Waals surface area contributed by atoms with Gasteiger partial charge in [0.15, 0.2) is 0 Å². The number of nitrogens with one attached hydrogen (secondary N) is 2. The molecule has 0 saturated carbocycles. The van der Waals surface area contributed by atoms with Crippen LogP contribution in [-0.4, -0.2) is 49.7 Å². The molecule has 0 atom stereocenters. The second-order valence-electron chi connectivity index (χ2n) is 6.09. The summed E-state index contributed by atoms with van der Waals surface area (Å²) in [6, 6.07) is 9.19. The molecule has 26 heavy (non-hydrogen) atoms. The molecular formula is C19H23N3O3S. The van der Waals surface area contributed by atoms with E-state index in [4.69, 9.17) is 4.74 Å². The Hall–Kier alpha value is -2.38. The van der Waals surface area contributed by atoms with E-state index in [0.717, 1.165) is 12.0 Å². The molecule has 2 N–H and O–H groups in total. The van der Waals surface area contributed by atoms with E-state index in [1.54, 1.807) is 28.4 Å². The minimum atomic E-state index is -0.263. The SMILES string of the molecule is Cc1c(NC(=O)NCCc2cccs2)cccc1C(=O)N1CCOCC1. The molecule has 1 saturated heterocycles. The Labute approximate surface area is 157 Å². The van der Waals surface area contributed by atoms with E-state index >= 15 is 0 Å². The Bertz CT molecular complexity index is 755. The van der Waals surface area contributed by atoms with Gasteiger partial charge in [-0.1, -0.05) is 12.1 Å². The maximum absolute atomic E-state index is 12.7. The highest BCUT2D eigenvalue weighted by atomic mass is 32.1. The third-order valence-electron chi connectivity index (χ3n) is 4.35. The number of morpholine rings is 1. The normalized spacial score (nSPS) is 14.1. The summed E-state index contributed by atoms with van der Waals surface area (Å²) in [6.45, 7) is 4.75. The summed E-state index contributed by atoms with van der Waals surface area (Å²) in [4.78, 5) is 27.9. The molecule has 0 bridgehead atoms. The summed E-state index contributed by atoms with van der Waals surface area (Å²) in [5.41, 5.74) is 2.04. The fraction of sp³-hybridized carbons (Fsp3) is 0.368. The van der Waals surface area contributed by atoms with Gasteiger partial charge >= 0.3 is 6.03 Å². The molecule has 3 amide bonds. The van der Waals surface area contributed by atoms with Gasteiger partial charge in [-0.3, -0.25) is 4.79 Å². The van der Waals surface area contributed by atoms with Gasteiger partial charge in [0.2, 0.25) is 0 Å². The van der Waals surface area contributed by atoms with Gasteiger partial charge in [-0.15, -0.1) is 11.3 Å². The third-order valence-corrected chi connectivity index (χ3v) is 5.28. The molecule has 1 fully saturated rings. The minimum Gasteiger partial charge on any atom is -0.378 e. The van der Waals surface area contributed by atoms with E-state index in [2.05, 4.69) is 16.7 Å². The highest BCUT2D eigenvalue weighted by molar-refractivity contribution is 7.09. The lowest BCUT2D eigenvalue weighted by Gasteiger charge is -2.27. The zero-order valence-corrected chi connectivity index (χ0v) is 15.6. The maximum Gasteiger partial charge on any atom is 0.319 e. The van der Waals surface area contributed by atoms with Crippen molar-refractivity contribution in [3.8, 4) is 0 Å². The molecule has 1 aliphatic rings. The second-order valence-corrected chi connectivity index (χ2v) is 7.13. The lowest BCUT2D eigenvalue weighted by molar-refractivity contribution is 0.0302. The average molecular weight is 373 g/mol. The number of urea groups is 1. The number of carbonyl (C=O) groups is 2. The van der Waals surface area contributed by atoms with E-state index in [0.29, 0.717) is 44.1 Å². The number of hydrogen-bond donors (Lipinski definition) is 2. The number of ether oxygens (including phenoxy) is 1. The lowest BCUT2D eigenvalue weighted by atomic mass is 10.1. The standard InChI is InChI=1S/C19H23N3O3S/c1-14-16(18(23)22-9-11-25-12-10-22)5-2-6-17(14)21-19(24)20-8-7-15-4-3-13-26-15/h2-6,13H,7-12H2,1H3,(H2,20,21,24). The van der Waals surface area contributed by atoms with Gasteiger partial charge in [0.1, 0.15) is 0 Å². The van der Waals surface area contributed by atoms with Gasteiger partial charge in [0.05, 0.1) is 13.2 Å². The summed E-state index contributed by atoms with van der Waals surface area (Å²) in [7, 11) is 0. The van der Waals surface area contributed by atoms with Crippen molar-refractivity contribution in [3.63, 3.8) is 0 Å². The van der Waals surface area contributed by atoms with Crippen LogP contribution < -0.4 is 10.6 Å². The molecule has 2 heterocycles. The molecule has 0 radical (unpaired) electrons. The molecule has 1 aliphatic heterocycles. The van der Waals surface area contributed by atoms with Gasteiger partial charge in [0.25, 0.3) is 5.91 Å². The highest BCUT2D eigenvalue weighted by Gasteiger charge is 2.21. The summed E-state index contributed by atoms with van der Waals surface area (Å²) in [5, 5.41) is 7.72. The fourth-order valence-corrected chi connectivity index (χ4v) is 3.57. The largest absolute Gasteiger partial charge is 0.378 e. The number of carbonyl (C=O) groups excluding carboxylic acids is 2. The molecule has 0 spiro atoms. The Morgan fingerprint density at radius 2 is 2.00 bits per heavy atom. The number of amides is 3. The van der Waals surface area contributed by atoms with Crippen LogP contribution in [0.3, 0.4) is 0 Å². The summed E-state index contributed by atoms with van der Waals surface area (Å²) >= 11 is 1.68. The Morgan fingerprint density at radius 3 is 2.73 bits per heavy atom. The molecule has 0 aliphatic carbocycles. The van der Waals surface area contributed by atoms with E-state index in [1.807, 2.05) is 24.4 Å². The van der Waals surface area contributed by atoms with E-state index in [-0.39, 0.29) is 11.9 Å². The predicted molar refractivity (Wildman–Crippen MR) is 103 cm³/mol. The zero-order chi connectivity index (χ0) is 18.4. The van der Waals surface area contributed by atoms with E-state index in [1.165, 1.54) is 4.88 Å². The minimum absolute atomic E-state index is 0.0208. The van der Waals surface area contributed by atoms with Crippen LogP contribution in [0.15, 0.2) is 35.7 Å².